The van der Waals surface area contributed by atoms with Gasteiger partial charge in [0.1, 0.15) is 4.88 Å². The van der Waals surface area contributed by atoms with Crippen LogP contribution in [0.5, 0.6) is 0 Å². The average Bonchev–Trinajstić information content (AvgIpc) is 2.46. The highest BCUT2D eigenvalue weighted by molar-refractivity contribution is 7.21. The Balaban J connectivity index is 2.86. The molecule has 0 fully saturated rings. The van der Waals surface area contributed by atoms with E-state index in [4.69, 9.17) is 11.5 Å². The SMILES string of the molecule is Cc1cccc2c(N)c(C(N)=O)sc12. The minimum absolute atomic E-state index is 0.453. The smallest absolute Gasteiger partial charge is 0.260 e. The van der Waals surface area contributed by atoms with Crippen molar-refractivity contribution in [3.05, 3.63) is 28.6 Å². The Bertz CT molecular complexity index is 516. The number of primary amides is 1. The van der Waals surface area contributed by atoms with Crippen molar-refractivity contribution in [2.24, 2.45) is 5.73 Å². The molecule has 0 saturated carbocycles. The Kier molecular flexibility index (Phi) is 1.93. The Labute approximate surface area is 85.3 Å². The Morgan fingerprint density at radius 3 is 2.71 bits per heavy atom. The molecule has 4 heteroatoms. The van der Waals surface area contributed by atoms with Gasteiger partial charge in [0.05, 0.1) is 5.69 Å². The molecule has 1 amide bonds. The van der Waals surface area contributed by atoms with E-state index in [1.807, 2.05) is 25.1 Å². The summed E-state index contributed by atoms with van der Waals surface area (Å²) in [6.07, 6.45) is 0. The number of hydrogen-bond acceptors (Lipinski definition) is 3. The number of carbonyl (C=O) groups is 1. The lowest BCUT2D eigenvalue weighted by Crippen LogP contribution is -2.10. The van der Waals surface area contributed by atoms with Gasteiger partial charge in [-0.2, -0.15) is 0 Å². The lowest BCUT2D eigenvalue weighted by atomic mass is 10.1. The average molecular weight is 206 g/mol. The van der Waals surface area contributed by atoms with E-state index in [-0.39, 0.29) is 0 Å². The van der Waals surface area contributed by atoms with Gasteiger partial charge in [0, 0.05) is 10.1 Å². The van der Waals surface area contributed by atoms with Crippen LogP contribution in [0.2, 0.25) is 0 Å². The molecule has 0 aliphatic heterocycles. The second-order valence-corrected chi connectivity index (χ2v) is 4.18. The number of aryl methyl sites for hydroxylation is 1. The standard InChI is InChI=1S/C10H10N2OS/c1-5-3-2-4-6-7(11)9(10(12)13)14-8(5)6/h2-4H,11H2,1H3,(H2,12,13). The zero-order valence-electron chi connectivity index (χ0n) is 7.70. The van der Waals surface area contributed by atoms with Crippen molar-refractivity contribution in [1.82, 2.24) is 0 Å². The number of carbonyl (C=O) groups excluding carboxylic acids is 1. The first-order valence-electron chi connectivity index (χ1n) is 4.18. The summed E-state index contributed by atoms with van der Waals surface area (Å²) in [7, 11) is 0. The molecule has 2 rings (SSSR count). The number of thiophene rings is 1. The summed E-state index contributed by atoms with van der Waals surface area (Å²) in [4.78, 5) is 11.5. The van der Waals surface area contributed by atoms with E-state index >= 15 is 0 Å². The first-order chi connectivity index (χ1) is 6.61. The monoisotopic (exact) mass is 206 g/mol. The highest BCUT2D eigenvalue weighted by atomic mass is 32.1. The van der Waals surface area contributed by atoms with Gasteiger partial charge < -0.3 is 11.5 Å². The summed E-state index contributed by atoms with van der Waals surface area (Å²) < 4.78 is 1.04. The number of nitrogen functional groups attached to an aromatic ring is 1. The molecule has 72 valence electrons. The van der Waals surface area contributed by atoms with E-state index in [9.17, 15) is 4.79 Å². The molecule has 0 aliphatic rings. The molecule has 0 spiro atoms. The topological polar surface area (TPSA) is 69.1 Å². The molecule has 4 N–H and O–H groups in total. The van der Waals surface area contributed by atoms with Gasteiger partial charge in [-0.1, -0.05) is 18.2 Å². The maximum Gasteiger partial charge on any atom is 0.260 e. The number of hydrogen-bond donors (Lipinski definition) is 2. The van der Waals surface area contributed by atoms with Crippen molar-refractivity contribution in [2.75, 3.05) is 5.73 Å². The molecule has 1 aromatic carbocycles. The van der Waals surface area contributed by atoms with Crippen LogP contribution < -0.4 is 11.5 Å². The molecule has 0 atom stereocenters. The van der Waals surface area contributed by atoms with Gasteiger partial charge in [-0.25, -0.2) is 0 Å². The van der Waals surface area contributed by atoms with Gasteiger partial charge >= 0.3 is 0 Å². The van der Waals surface area contributed by atoms with Crippen molar-refractivity contribution in [3.8, 4) is 0 Å². The Morgan fingerprint density at radius 1 is 1.43 bits per heavy atom. The van der Waals surface area contributed by atoms with Gasteiger partial charge in [0.2, 0.25) is 0 Å². The van der Waals surface area contributed by atoms with E-state index in [0.29, 0.717) is 10.6 Å². The normalized spacial score (nSPS) is 10.6. The summed E-state index contributed by atoms with van der Waals surface area (Å²) >= 11 is 1.36. The summed E-state index contributed by atoms with van der Waals surface area (Å²) in [5.41, 5.74) is 12.7. The fourth-order valence-electron chi connectivity index (χ4n) is 1.46. The number of amides is 1. The zero-order valence-corrected chi connectivity index (χ0v) is 8.52. The summed E-state index contributed by atoms with van der Waals surface area (Å²) in [6.45, 7) is 1.99. The summed E-state index contributed by atoms with van der Waals surface area (Å²) in [5.74, 6) is -0.455. The van der Waals surface area contributed by atoms with Gasteiger partial charge in [-0.05, 0) is 12.5 Å². The minimum Gasteiger partial charge on any atom is -0.397 e. The molecule has 3 nitrogen and oxygen atoms in total. The van der Waals surface area contributed by atoms with E-state index in [0.717, 1.165) is 15.6 Å². The number of benzene rings is 1. The molecule has 14 heavy (non-hydrogen) atoms. The van der Waals surface area contributed by atoms with Gasteiger partial charge in [0.25, 0.3) is 5.91 Å². The highest BCUT2D eigenvalue weighted by Crippen LogP contribution is 2.34. The van der Waals surface area contributed by atoms with Crippen LogP contribution >= 0.6 is 11.3 Å². The van der Waals surface area contributed by atoms with Crippen molar-refractivity contribution in [2.45, 2.75) is 6.92 Å². The van der Waals surface area contributed by atoms with Gasteiger partial charge in [0.15, 0.2) is 0 Å². The number of anilines is 1. The minimum atomic E-state index is -0.455. The predicted octanol–water partition coefficient (Wildman–Crippen LogP) is 1.89. The quantitative estimate of drug-likeness (QED) is 0.748. The lowest BCUT2D eigenvalue weighted by molar-refractivity contribution is 0.100. The molecular formula is C10H10N2OS. The molecule has 0 bridgehead atoms. The molecule has 0 radical (unpaired) electrons. The van der Waals surface area contributed by atoms with Crippen molar-refractivity contribution in [1.29, 1.82) is 0 Å². The van der Waals surface area contributed by atoms with Crippen molar-refractivity contribution in [3.63, 3.8) is 0 Å². The molecule has 1 aromatic heterocycles. The third-order valence-electron chi connectivity index (χ3n) is 2.17. The fraction of sp³-hybridized carbons (Fsp3) is 0.100. The fourth-order valence-corrected chi connectivity index (χ4v) is 2.50. The molecule has 2 aromatic rings. The van der Waals surface area contributed by atoms with Crippen LogP contribution in [0.15, 0.2) is 18.2 Å². The number of nitrogens with two attached hydrogens (primary N) is 2. The van der Waals surface area contributed by atoms with Crippen LogP contribution in [-0.2, 0) is 0 Å². The van der Waals surface area contributed by atoms with Gasteiger partial charge in [-0.15, -0.1) is 11.3 Å². The van der Waals surface area contributed by atoms with Crippen LogP contribution in [0.3, 0.4) is 0 Å². The maximum absolute atomic E-state index is 11.1. The third-order valence-corrected chi connectivity index (χ3v) is 3.55. The summed E-state index contributed by atoms with van der Waals surface area (Å²) in [5, 5.41) is 0.920. The predicted molar refractivity (Wildman–Crippen MR) is 59.5 cm³/mol. The lowest BCUT2D eigenvalue weighted by Gasteiger charge is -1.94. The van der Waals surface area contributed by atoms with Crippen molar-refractivity contribution < 1.29 is 4.79 Å². The highest BCUT2D eigenvalue weighted by Gasteiger charge is 2.14. The number of fused-ring (bicyclic) bond motifs is 1. The van der Waals surface area contributed by atoms with E-state index in [1.165, 1.54) is 11.3 Å². The largest absolute Gasteiger partial charge is 0.397 e. The molecule has 0 unspecified atom stereocenters. The van der Waals surface area contributed by atoms with E-state index in [1.54, 1.807) is 0 Å². The van der Waals surface area contributed by atoms with Crippen LogP contribution in [0, 0.1) is 6.92 Å². The zero-order chi connectivity index (χ0) is 10.3. The van der Waals surface area contributed by atoms with Crippen LogP contribution in [0.25, 0.3) is 10.1 Å². The van der Waals surface area contributed by atoms with E-state index < -0.39 is 5.91 Å². The number of rotatable bonds is 1. The third kappa shape index (κ3) is 1.15. The van der Waals surface area contributed by atoms with Crippen molar-refractivity contribution >= 4 is 33.0 Å². The first-order valence-corrected chi connectivity index (χ1v) is 5.00. The second-order valence-electron chi connectivity index (χ2n) is 3.16. The maximum atomic E-state index is 11.1. The molecule has 1 heterocycles. The van der Waals surface area contributed by atoms with E-state index in [2.05, 4.69) is 0 Å². The molecule has 0 saturated heterocycles. The molecule has 0 aliphatic carbocycles. The van der Waals surface area contributed by atoms with Crippen LogP contribution in [-0.4, -0.2) is 5.91 Å². The van der Waals surface area contributed by atoms with Gasteiger partial charge in [-0.3, -0.25) is 4.79 Å². The van der Waals surface area contributed by atoms with Crippen LogP contribution in [0.4, 0.5) is 5.69 Å². The second kappa shape index (κ2) is 2.99. The Morgan fingerprint density at radius 2 is 2.14 bits per heavy atom. The first kappa shape index (κ1) is 9.02. The molecular weight excluding hydrogens is 196 g/mol. The summed E-state index contributed by atoms with van der Waals surface area (Å²) in [6, 6.07) is 5.81. The Hall–Kier alpha value is -1.55. The van der Waals surface area contributed by atoms with Crippen LogP contribution in [0.1, 0.15) is 15.2 Å².